The van der Waals surface area contributed by atoms with Crippen LogP contribution < -0.4 is 10.6 Å². The molecule has 0 radical (unpaired) electrons. The van der Waals surface area contributed by atoms with Crippen molar-refractivity contribution in [1.82, 2.24) is 14.9 Å². The van der Waals surface area contributed by atoms with Crippen molar-refractivity contribution < 1.29 is 13.2 Å². The van der Waals surface area contributed by atoms with E-state index in [-0.39, 0.29) is 28.1 Å². The second-order valence-corrected chi connectivity index (χ2v) is 7.41. The summed E-state index contributed by atoms with van der Waals surface area (Å²) in [6.07, 6.45) is 1.76. The van der Waals surface area contributed by atoms with Crippen molar-refractivity contribution in [2.45, 2.75) is 17.7 Å². The zero-order valence-corrected chi connectivity index (χ0v) is 14.2. The van der Waals surface area contributed by atoms with Crippen LogP contribution in [0.15, 0.2) is 16.3 Å². The lowest BCUT2D eigenvalue weighted by Gasteiger charge is -2.15. The smallest absolute Gasteiger partial charge is 0.262 e. The highest BCUT2D eigenvalue weighted by Gasteiger charge is 2.31. The minimum absolute atomic E-state index is 0. The van der Waals surface area contributed by atoms with Crippen molar-refractivity contribution in [1.29, 1.82) is 0 Å². The van der Waals surface area contributed by atoms with E-state index in [1.807, 2.05) is 0 Å². The van der Waals surface area contributed by atoms with Gasteiger partial charge in [-0.3, -0.25) is 4.79 Å². The SMILES string of the molecule is CNCCNC(=O)c1sccc1S(=O)(=O)N1CCCC1.Cl. The first-order valence-corrected chi connectivity index (χ1v) is 8.90. The Morgan fingerprint density at radius 3 is 2.62 bits per heavy atom. The van der Waals surface area contributed by atoms with Crippen molar-refractivity contribution in [3.63, 3.8) is 0 Å². The number of hydrogen-bond acceptors (Lipinski definition) is 5. The Hall–Kier alpha value is -0.670. The van der Waals surface area contributed by atoms with Gasteiger partial charge >= 0.3 is 0 Å². The molecule has 0 atom stereocenters. The number of carbonyl (C=O) groups excluding carboxylic acids is 1. The fourth-order valence-corrected chi connectivity index (χ4v) is 4.95. The molecular formula is C12H20ClN3O3S2. The summed E-state index contributed by atoms with van der Waals surface area (Å²) >= 11 is 1.16. The summed E-state index contributed by atoms with van der Waals surface area (Å²) in [5.74, 6) is -0.326. The van der Waals surface area contributed by atoms with Gasteiger partial charge in [0.25, 0.3) is 5.91 Å². The molecule has 1 aliphatic heterocycles. The molecule has 2 rings (SSSR count). The average Bonchev–Trinajstić information content (AvgIpc) is 3.10. The Bertz CT molecular complexity index is 568. The molecule has 9 heteroatoms. The maximum atomic E-state index is 12.5. The molecular weight excluding hydrogens is 334 g/mol. The van der Waals surface area contributed by atoms with E-state index >= 15 is 0 Å². The third kappa shape index (κ3) is 4.17. The fraction of sp³-hybridized carbons (Fsp3) is 0.583. The van der Waals surface area contributed by atoms with Crippen molar-refractivity contribution in [2.24, 2.45) is 0 Å². The summed E-state index contributed by atoms with van der Waals surface area (Å²) in [6, 6.07) is 1.52. The van der Waals surface area contributed by atoms with Crippen molar-refractivity contribution in [2.75, 3.05) is 33.2 Å². The Kier molecular flexibility index (Phi) is 7.08. The van der Waals surface area contributed by atoms with Crippen LogP contribution in [0.5, 0.6) is 0 Å². The predicted molar refractivity (Wildman–Crippen MR) is 85.8 cm³/mol. The quantitative estimate of drug-likeness (QED) is 0.745. The summed E-state index contributed by atoms with van der Waals surface area (Å²) in [5, 5.41) is 7.28. The molecule has 0 aliphatic carbocycles. The van der Waals surface area contributed by atoms with Crippen LogP contribution in [0.1, 0.15) is 22.5 Å². The number of carbonyl (C=O) groups is 1. The molecule has 0 unspecified atom stereocenters. The molecule has 1 fully saturated rings. The van der Waals surface area contributed by atoms with Crippen LogP contribution in [-0.4, -0.2) is 51.9 Å². The molecule has 0 aromatic carbocycles. The highest BCUT2D eigenvalue weighted by Crippen LogP contribution is 2.27. The average molecular weight is 354 g/mol. The van der Waals surface area contributed by atoms with E-state index in [9.17, 15) is 13.2 Å². The van der Waals surface area contributed by atoms with E-state index in [2.05, 4.69) is 10.6 Å². The van der Waals surface area contributed by atoms with Gasteiger partial charge in [-0.25, -0.2) is 8.42 Å². The second-order valence-electron chi connectivity index (χ2n) is 4.58. The van der Waals surface area contributed by atoms with Gasteiger partial charge in [0.1, 0.15) is 9.77 Å². The van der Waals surface area contributed by atoms with Crippen LogP contribution in [0.25, 0.3) is 0 Å². The summed E-state index contributed by atoms with van der Waals surface area (Å²) in [6.45, 7) is 2.19. The van der Waals surface area contributed by atoms with Gasteiger partial charge in [-0.05, 0) is 31.3 Å². The molecule has 0 bridgehead atoms. The molecule has 1 aliphatic rings. The lowest BCUT2D eigenvalue weighted by Crippen LogP contribution is -2.32. The van der Waals surface area contributed by atoms with Crippen LogP contribution in [-0.2, 0) is 10.0 Å². The molecule has 1 amide bonds. The highest BCUT2D eigenvalue weighted by molar-refractivity contribution is 7.89. The number of rotatable bonds is 6. The molecule has 21 heavy (non-hydrogen) atoms. The van der Waals surface area contributed by atoms with Crippen LogP contribution in [0.4, 0.5) is 0 Å². The van der Waals surface area contributed by atoms with E-state index < -0.39 is 10.0 Å². The summed E-state index contributed by atoms with van der Waals surface area (Å²) < 4.78 is 26.4. The van der Waals surface area contributed by atoms with Gasteiger partial charge in [0.2, 0.25) is 10.0 Å². The molecule has 2 heterocycles. The minimum atomic E-state index is -3.53. The Morgan fingerprint density at radius 1 is 1.33 bits per heavy atom. The topological polar surface area (TPSA) is 78.5 Å². The number of sulfonamides is 1. The number of nitrogens with one attached hydrogen (secondary N) is 2. The molecule has 1 aromatic rings. The number of hydrogen-bond donors (Lipinski definition) is 2. The Morgan fingerprint density at radius 2 is 2.00 bits per heavy atom. The predicted octanol–water partition coefficient (Wildman–Crippen LogP) is 0.904. The van der Waals surface area contributed by atoms with Gasteiger partial charge in [-0.2, -0.15) is 4.31 Å². The van der Waals surface area contributed by atoms with Crippen LogP contribution in [0, 0.1) is 0 Å². The highest BCUT2D eigenvalue weighted by atomic mass is 35.5. The van der Waals surface area contributed by atoms with E-state index in [0.717, 1.165) is 24.2 Å². The molecule has 0 spiro atoms. The van der Waals surface area contributed by atoms with E-state index in [1.54, 1.807) is 12.4 Å². The van der Waals surface area contributed by atoms with Gasteiger partial charge in [-0.15, -0.1) is 23.7 Å². The molecule has 120 valence electrons. The molecule has 1 aromatic heterocycles. The van der Waals surface area contributed by atoms with Crippen LogP contribution in [0.3, 0.4) is 0 Å². The maximum absolute atomic E-state index is 12.5. The Balaban J connectivity index is 0.00000220. The number of thiophene rings is 1. The number of nitrogens with zero attached hydrogens (tertiary/aromatic N) is 1. The first-order chi connectivity index (χ1) is 9.57. The van der Waals surface area contributed by atoms with E-state index in [0.29, 0.717) is 26.2 Å². The van der Waals surface area contributed by atoms with Gasteiger partial charge in [-0.1, -0.05) is 0 Å². The minimum Gasteiger partial charge on any atom is -0.350 e. The fourth-order valence-electron chi connectivity index (χ4n) is 2.12. The lowest BCUT2D eigenvalue weighted by molar-refractivity contribution is 0.0955. The molecule has 2 N–H and O–H groups in total. The zero-order valence-electron chi connectivity index (χ0n) is 11.8. The molecule has 1 saturated heterocycles. The van der Waals surface area contributed by atoms with Crippen molar-refractivity contribution in [3.8, 4) is 0 Å². The van der Waals surface area contributed by atoms with E-state index in [4.69, 9.17) is 0 Å². The first kappa shape index (κ1) is 18.4. The number of likely N-dealkylation sites (N-methyl/N-ethyl adjacent to an activating group) is 1. The van der Waals surface area contributed by atoms with Crippen LogP contribution in [0.2, 0.25) is 0 Å². The third-order valence-electron chi connectivity index (χ3n) is 3.18. The lowest BCUT2D eigenvalue weighted by atomic mass is 10.4. The number of halogens is 1. The molecule has 6 nitrogen and oxygen atoms in total. The number of amides is 1. The Labute approximate surface area is 135 Å². The largest absolute Gasteiger partial charge is 0.350 e. The van der Waals surface area contributed by atoms with Crippen molar-refractivity contribution >= 4 is 39.7 Å². The summed E-state index contributed by atoms with van der Waals surface area (Å²) in [7, 11) is -1.74. The van der Waals surface area contributed by atoms with E-state index in [1.165, 1.54) is 10.4 Å². The van der Waals surface area contributed by atoms with Gasteiger partial charge in [0, 0.05) is 26.2 Å². The van der Waals surface area contributed by atoms with Crippen LogP contribution >= 0.6 is 23.7 Å². The maximum Gasteiger partial charge on any atom is 0.262 e. The van der Waals surface area contributed by atoms with Gasteiger partial charge in [0.15, 0.2) is 0 Å². The third-order valence-corrected chi connectivity index (χ3v) is 6.16. The molecule has 0 saturated carbocycles. The first-order valence-electron chi connectivity index (χ1n) is 6.58. The van der Waals surface area contributed by atoms with Gasteiger partial charge in [0.05, 0.1) is 0 Å². The summed E-state index contributed by atoms with van der Waals surface area (Å²) in [4.78, 5) is 12.5. The van der Waals surface area contributed by atoms with Crippen molar-refractivity contribution in [3.05, 3.63) is 16.3 Å². The standard InChI is InChI=1S/C12H19N3O3S2.ClH/c1-13-5-6-14-12(16)11-10(4-9-19-11)20(17,18)15-7-2-3-8-15;/h4,9,13H,2-3,5-8H2,1H3,(H,14,16);1H. The monoisotopic (exact) mass is 353 g/mol. The van der Waals surface area contributed by atoms with Gasteiger partial charge < -0.3 is 10.6 Å². The second kappa shape index (κ2) is 8.09. The normalized spacial score (nSPS) is 15.7. The zero-order chi connectivity index (χ0) is 14.6. The summed E-state index contributed by atoms with van der Waals surface area (Å²) in [5.41, 5.74) is 0.